The van der Waals surface area contributed by atoms with Crippen LogP contribution in [0.5, 0.6) is 5.75 Å². The topological polar surface area (TPSA) is 104 Å². The molecule has 3 rings (SSSR count). The lowest BCUT2D eigenvalue weighted by Crippen LogP contribution is -2.09. The predicted octanol–water partition coefficient (Wildman–Crippen LogP) is 1.39. The molecule has 0 amide bonds. The summed E-state index contributed by atoms with van der Waals surface area (Å²) in [5.41, 5.74) is 6.45. The van der Waals surface area contributed by atoms with Crippen molar-refractivity contribution in [2.24, 2.45) is 0 Å². The first-order valence-electron chi connectivity index (χ1n) is 6.18. The van der Waals surface area contributed by atoms with Gasteiger partial charge in [-0.2, -0.15) is 20.1 Å². The number of nitrogens with two attached hydrogens (primary N) is 1. The molecule has 21 heavy (non-hydrogen) atoms. The first-order chi connectivity index (χ1) is 10.3. The highest BCUT2D eigenvalue weighted by Gasteiger charge is 2.09. The highest BCUT2D eigenvalue weighted by atomic mass is 16.5. The van der Waals surface area contributed by atoms with E-state index in [0.29, 0.717) is 17.6 Å². The Morgan fingerprint density at radius 2 is 2.00 bits per heavy atom. The summed E-state index contributed by atoms with van der Waals surface area (Å²) in [4.78, 5) is 12.4. The molecule has 0 radical (unpaired) electrons. The van der Waals surface area contributed by atoms with Gasteiger partial charge in [-0.1, -0.05) is 12.1 Å². The van der Waals surface area contributed by atoms with Gasteiger partial charge in [-0.05, 0) is 18.2 Å². The first-order valence-corrected chi connectivity index (χ1v) is 6.18. The lowest BCUT2D eigenvalue weighted by molar-refractivity contribution is 0.417. The minimum Gasteiger partial charge on any atom is -0.495 e. The first kappa shape index (κ1) is 12.9. The van der Waals surface area contributed by atoms with Crippen LogP contribution in [-0.2, 0) is 0 Å². The number of ether oxygens (including phenoxy) is 1. The van der Waals surface area contributed by atoms with Gasteiger partial charge < -0.3 is 15.8 Å². The lowest BCUT2D eigenvalue weighted by Gasteiger charge is -2.10. The quantitative estimate of drug-likeness (QED) is 0.745. The number of benzene rings is 1. The maximum atomic E-state index is 5.72. The summed E-state index contributed by atoms with van der Waals surface area (Å²) in [7, 11) is 1.59. The van der Waals surface area contributed by atoms with E-state index in [1.54, 1.807) is 25.6 Å². The molecule has 1 aromatic carbocycles. The predicted molar refractivity (Wildman–Crippen MR) is 77.6 cm³/mol. The third kappa shape index (κ3) is 2.73. The zero-order valence-corrected chi connectivity index (χ0v) is 11.3. The Labute approximate surface area is 120 Å². The molecule has 0 aliphatic rings. The fraction of sp³-hybridized carbons (Fsp3) is 0.0769. The number of nitrogens with one attached hydrogen (secondary N) is 1. The van der Waals surface area contributed by atoms with E-state index in [-0.39, 0.29) is 5.95 Å². The van der Waals surface area contributed by atoms with Gasteiger partial charge in [0.25, 0.3) is 5.95 Å². The lowest BCUT2D eigenvalue weighted by atomic mass is 10.3. The standard InChI is InChI=1S/C13H13N7O/c1-21-10-6-3-2-5-9(10)16-12-17-11(14)18-13(19-12)20-8-4-7-15-20/h2-8H,1H3,(H3,14,16,17,18,19). The minimum atomic E-state index is 0.105. The summed E-state index contributed by atoms with van der Waals surface area (Å²) in [6, 6.07) is 9.21. The van der Waals surface area contributed by atoms with Gasteiger partial charge in [0.1, 0.15) is 5.75 Å². The summed E-state index contributed by atoms with van der Waals surface area (Å²) in [6.07, 6.45) is 3.36. The van der Waals surface area contributed by atoms with E-state index < -0.39 is 0 Å². The SMILES string of the molecule is COc1ccccc1Nc1nc(N)nc(-n2cccn2)n1. The third-order valence-electron chi connectivity index (χ3n) is 2.70. The van der Waals surface area contributed by atoms with Gasteiger partial charge in [0, 0.05) is 12.4 Å². The molecule has 8 heteroatoms. The molecule has 3 aromatic rings. The minimum absolute atomic E-state index is 0.105. The van der Waals surface area contributed by atoms with E-state index in [2.05, 4.69) is 25.4 Å². The van der Waals surface area contributed by atoms with Crippen LogP contribution in [-0.4, -0.2) is 31.8 Å². The molecule has 8 nitrogen and oxygen atoms in total. The largest absolute Gasteiger partial charge is 0.495 e. The fourth-order valence-corrected chi connectivity index (χ4v) is 1.79. The number of methoxy groups -OCH3 is 1. The van der Waals surface area contributed by atoms with Crippen LogP contribution in [0.3, 0.4) is 0 Å². The van der Waals surface area contributed by atoms with Crippen molar-refractivity contribution in [1.29, 1.82) is 0 Å². The normalized spacial score (nSPS) is 10.3. The number of nitrogens with zero attached hydrogens (tertiary/aromatic N) is 5. The van der Waals surface area contributed by atoms with Gasteiger partial charge in [0.2, 0.25) is 11.9 Å². The van der Waals surface area contributed by atoms with Gasteiger partial charge in [-0.15, -0.1) is 0 Å². The Balaban J connectivity index is 1.96. The van der Waals surface area contributed by atoms with E-state index in [0.717, 1.165) is 5.69 Å². The zero-order valence-electron chi connectivity index (χ0n) is 11.3. The van der Waals surface area contributed by atoms with Crippen molar-refractivity contribution in [2.75, 3.05) is 18.2 Å². The molecule has 0 aliphatic carbocycles. The molecule has 0 atom stereocenters. The summed E-state index contributed by atoms with van der Waals surface area (Å²) in [6.45, 7) is 0. The number of hydrogen-bond acceptors (Lipinski definition) is 7. The summed E-state index contributed by atoms with van der Waals surface area (Å²) < 4.78 is 6.77. The van der Waals surface area contributed by atoms with Crippen LogP contribution >= 0.6 is 0 Å². The van der Waals surface area contributed by atoms with Crippen molar-refractivity contribution in [1.82, 2.24) is 24.7 Å². The maximum Gasteiger partial charge on any atom is 0.257 e. The third-order valence-corrected chi connectivity index (χ3v) is 2.70. The highest BCUT2D eigenvalue weighted by Crippen LogP contribution is 2.25. The second-order valence-corrected chi connectivity index (χ2v) is 4.09. The Hall–Kier alpha value is -3.16. The second-order valence-electron chi connectivity index (χ2n) is 4.09. The van der Waals surface area contributed by atoms with Crippen LogP contribution in [0, 0.1) is 0 Å². The van der Waals surface area contributed by atoms with Crippen molar-refractivity contribution in [3.8, 4) is 11.7 Å². The van der Waals surface area contributed by atoms with Crippen LogP contribution in [0.4, 0.5) is 17.6 Å². The number of hydrogen-bond donors (Lipinski definition) is 2. The monoisotopic (exact) mass is 283 g/mol. The smallest absolute Gasteiger partial charge is 0.257 e. The van der Waals surface area contributed by atoms with Crippen LogP contribution in [0.15, 0.2) is 42.7 Å². The number of para-hydroxylation sites is 2. The van der Waals surface area contributed by atoms with E-state index in [1.807, 2.05) is 24.3 Å². The molecule has 0 unspecified atom stereocenters. The van der Waals surface area contributed by atoms with Gasteiger partial charge in [-0.25, -0.2) is 4.68 Å². The van der Waals surface area contributed by atoms with Gasteiger partial charge >= 0.3 is 0 Å². The van der Waals surface area contributed by atoms with E-state index >= 15 is 0 Å². The molecular weight excluding hydrogens is 270 g/mol. The van der Waals surface area contributed by atoms with Crippen molar-refractivity contribution < 1.29 is 4.74 Å². The maximum absolute atomic E-state index is 5.72. The Morgan fingerprint density at radius 3 is 2.76 bits per heavy atom. The fourth-order valence-electron chi connectivity index (χ4n) is 1.79. The van der Waals surface area contributed by atoms with E-state index in [9.17, 15) is 0 Å². The molecule has 2 aromatic heterocycles. The van der Waals surface area contributed by atoms with E-state index in [4.69, 9.17) is 10.5 Å². The molecule has 0 fully saturated rings. The molecule has 0 bridgehead atoms. The van der Waals surface area contributed by atoms with Crippen molar-refractivity contribution in [2.45, 2.75) is 0 Å². The highest BCUT2D eigenvalue weighted by molar-refractivity contribution is 5.62. The molecule has 0 saturated heterocycles. The number of rotatable bonds is 4. The van der Waals surface area contributed by atoms with Crippen LogP contribution in [0.25, 0.3) is 5.95 Å². The number of aromatic nitrogens is 5. The van der Waals surface area contributed by atoms with Crippen LogP contribution in [0.1, 0.15) is 0 Å². The van der Waals surface area contributed by atoms with Gasteiger partial charge in [0.15, 0.2) is 0 Å². The van der Waals surface area contributed by atoms with Gasteiger partial charge in [0.05, 0.1) is 12.8 Å². The summed E-state index contributed by atoms with van der Waals surface area (Å²) in [5.74, 6) is 1.44. The molecule has 0 spiro atoms. The van der Waals surface area contributed by atoms with Crippen LogP contribution < -0.4 is 15.8 Å². The van der Waals surface area contributed by atoms with Crippen molar-refractivity contribution in [3.63, 3.8) is 0 Å². The second kappa shape index (κ2) is 5.45. The molecule has 0 saturated carbocycles. The Bertz CT molecular complexity index is 742. The van der Waals surface area contributed by atoms with Crippen molar-refractivity contribution in [3.05, 3.63) is 42.7 Å². The molecular formula is C13H13N7O. The zero-order chi connectivity index (χ0) is 14.7. The Morgan fingerprint density at radius 1 is 1.14 bits per heavy atom. The number of anilines is 3. The molecule has 2 heterocycles. The molecule has 0 aliphatic heterocycles. The average Bonchev–Trinajstić information content (AvgIpc) is 3.01. The van der Waals surface area contributed by atoms with Gasteiger partial charge in [-0.3, -0.25) is 0 Å². The van der Waals surface area contributed by atoms with Crippen molar-refractivity contribution >= 4 is 17.6 Å². The molecule has 106 valence electrons. The average molecular weight is 283 g/mol. The number of nitrogen functional groups attached to an aromatic ring is 1. The summed E-state index contributed by atoms with van der Waals surface area (Å²) in [5, 5.41) is 7.12. The van der Waals surface area contributed by atoms with E-state index in [1.165, 1.54) is 4.68 Å². The Kier molecular flexibility index (Phi) is 3.34. The summed E-state index contributed by atoms with van der Waals surface area (Å²) >= 11 is 0. The van der Waals surface area contributed by atoms with Crippen LogP contribution in [0.2, 0.25) is 0 Å². The molecule has 3 N–H and O–H groups in total.